The Morgan fingerprint density at radius 2 is 1.69 bits per heavy atom. The molecule has 0 aliphatic heterocycles. The van der Waals surface area contributed by atoms with Gasteiger partial charge in [-0.3, -0.25) is 14.3 Å². The summed E-state index contributed by atoms with van der Waals surface area (Å²) in [5.41, 5.74) is 0.871. The number of aliphatic hydroxyl groups is 1. The number of anilines is 1. The number of aromatic nitrogens is 6. The second-order valence-corrected chi connectivity index (χ2v) is 9.53. The summed E-state index contributed by atoms with van der Waals surface area (Å²) in [5.74, 6) is -0.214. The van der Waals surface area contributed by atoms with Crippen LogP contribution in [0.25, 0.3) is 17.1 Å². The molecule has 0 spiro atoms. The summed E-state index contributed by atoms with van der Waals surface area (Å²) in [6, 6.07) is 8.47. The minimum Gasteiger partial charge on any atom is -0.494 e. The third kappa shape index (κ3) is 4.81. The summed E-state index contributed by atoms with van der Waals surface area (Å²) >= 11 is 0. The maximum absolute atomic E-state index is 13.3. The van der Waals surface area contributed by atoms with E-state index in [1.807, 2.05) is 0 Å². The number of methoxy groups -OCH3 is 2. The fraction of sp³-hybridized carbons (Fsp3) is 0.227. The van der Waals surface area contributed by atoms with Gasteiger partial charge in [0.05, 0.1) is 26.6 Å². The Bertz CT molecular complexity index is 1430. The van der Waals surface area contributed by atoms with Crippen molar-refractivity contribution in [2.75, 3.05) is 18.9 Å². The number of aliphatic hydroxyl groups excluding tert-OH is 1. The minimum absolute atomic E-state index is 0.198. The largest absolute Gasteiger partial charge is 0.494 e. The molecule has 12 nitrogen and oxygen atoms in total. The van der Waals surface area contributed by atoms with Crippen LogP contribution in [0.4, 0.5) is 10.3 Å². The first-order chi connectivity index (χ1) is 17.3. The van der Waals surface area contributed by atoms with Crippen molar-refractivity contribution in [2.45, 2.75) is 18.3 Å². The highest BCUT2D eigenvalue weighted by Crippen LogP contribution is 2.37. The molecule has 1 aromatic carbocycles. The minimum atomic E-state index is -4.30. The van der Waals surface area contributed by atoms with Gasteiger partial charge in [0.2, 0.25) is 16.0 Å². The highest BCUT2D eigenvalue weighted by Gasteiger charge is 2.33. The molecule has 4 aromatic rings. The Kier molecular flexibility index (Phi) is 7.07. The first-order valence-electron chi connectivity index (χ1n) is 10.5. The number of hydrogen-bond donors (Lipinski definition) is 2. The zero-order valence-electron chi connectivity index (χ0n) is 19.4. The summed E-state index contributed by atoms with van der Waals surface area (Å²) < 4.78 is 54.5. The molecular weight excluding hydrogens is 493 g/mol. The molecule has 3 aromatic heterocycles. The Labute approximate surface area is 205 Å². The predicted octanol–water partition coefficient (Wildman–Crippen LogP) is 2.14. The summed E-state index contributed by atoms with van der Waals surface area (Å²) in [4.78, 5) is 11.4. The number of sulfonamides is 1. The quantitative estimate of drug-likeness (QED) is 0.339. The Hall–Kier alpha value is -4.17. The molecule has 4 rings (SSSR count). The number of benzene rings is 1. The molecule has 0 amide bonds. The molecule has 2 atom stereocenters. The lowest BCUT2D eigenvalue weighted by molar-refractivity contribution is 0.166. The van der Waals surface area contributed by atoms with Crippen LogP contribution in [0.15, 0.2) is 55.1 Å². The maximum atomic E-state index is 13.3. The number of halogens is 1. The summed E-state index contributed by atoms with van der Waals surface area (Å²) in [6.07, 6.45) is 3.14. The topological polar surface area (TPSA) is 154 Å². The zero-order chi connectivity index (χ0) is 25.9. The molecule has 0 saturated carbocycles. The number of pyridine rings is 1. The van der Waals surface area contributed by atoms with Gasteiger partial charge in [-0.1, -0.05) is 6.07 Å². The molecule has 2 unspecified atom stereocenters. The molecule has 0 bridgehead atoms. The third-order valence-corrected chi connectivity index (χ3v) is 6.98. The summed E-state index contributed by atoms with van der Waals surface area (Å²) in [6.45, 7) is 1.26. The fourth-order valence-electron chi connectivity index (χ4n) is 3.37. The lowest BCUT2D eigenvalue weighted by Crippen LogP contribution is -2.32. The Balaban J connectivity index is 1.81. The monoisotopic (exact) mass is 515 g/mol. The van der Waals surface area contributed by atoms with E-state index in [0.717, 1.165) is 12.4 Å². The third-order valence-electron chi connectivity index (χ3n) is 5.28. The molecule has 14 heteroatoms. The van der Waals surface area contributed by atoms with E-state index in [1.165, 1.54) is 25.7 Å². The summed E-state index contributed by atoms with van der Waals surface area (Å²) in [7, 11) is -1.39. The fourth-order valence-corrected chi connectivity index (χ4v) is 4.40. The SMILES string of the molecule is COc1cccc(OC)c1-n1c(NS(=O)(=O)C(C)C(O)c2ncc(F)cn2)nnc1-c1cccnc1. The molecule has 0 radical (unpaired) electrons. The van der Waals surface area contributed by atoms with Crippen LogP contribution in [0.2, 0.25) is 0 Å². The predicted molar refractivity (Wildman–Crippen MR) is 127 cm³/mol. The van der Waals surface area contributed by atoms with Crippen LogP contribution in [0.5, 0.6) is 11.5 Å². The van der Waals surface area contributed by atoms with E-state index in [2.05, 4.69) is 29.9 Å². The molecule has 0 fully saturated rings. The van der Waals surface area contributed by atoms with E-state index in [9.17, 15) is 17.9 Å². The van der Waals surface area contributed by atoms with Gasteiger partial charge in [-0.2, -0.15) is 0 Å². The van der Waals surface area contributed by atoms with Crippen LogP contribution in [0, 0.1) is 5.82 Å². The molecule has 36 heavy (non-hydrogen) atoms. The van der Waals surface area contributed by atoms with Crippen molar-refractivity contribution in [2.24, 2.45) is 0 Å². The number of para-hydroxylation sites is 1. The Morgan fingerprint density at radius 3 is 2.28 bits per heavy atom. The molecule has 3 heterocycles. The van der Waals surface area contributed by atoms with E-state index in [4.69, 9.17) is 9.47 Å². The molecule has 0 saturated heterocycles. The molecular formula is C22H22FN7O5S. The van der Waals surface area contributed by atoms with Crippen LogP contribution in [-0.2, 0) is 10.0 Å². The van der Waals surface area contributed by atoms with E-state index < -0.39 is 27.2 Å². The van der Waals surface area contributed by atoms with Gasteiger partial charge in [0, 0.05) is 18.0 Å². The van der Waals surface area contributed by atoms with Gasteiger partial charge in [-0.25, -0.2) is 22.8 Å². The number of nitrogens with zero attached hydrogens (tertiary/aromatic N) is 6. The highest BCUT2D eigenvalue weighted by molar-refractivity contribution is 7.93. The molecule has 188 valence electrons. The number of ether oxygens (including phenoxy) is 2. The van der Waals surface area contributed by atoms with Crippen LogP contribution >= 0.6 is 0 Å². The second kappa shape index (κ2) is 10.2. The highest BCUT2D eigenvalue weighted by atomic mass is 32.2. The van der Waals surface area contributed by atoms with Crippen LogP contribution in [0.3, 0.4) is 0 Å². The average molecular weight is 516 g/mol. The van der Waals surface area contributed by atoms with Crippen molar-refractivity contribution in [3.8, 4) is 28.6 Å². The maximum Gasteiger partial charge on any atom is 0.243 e. The van der Waals surface area contributed by atoms with E-state index >= 15 is 0 Å². The standard InChI is InChI=1S/C22H22FN7O5S/c1-13(19(31)20-25-11-15(23)12-26-20)36(32,33)29-22-28-27-21(14-6-5-9-24-10-14)30(22)18-16(34-2)7-4-8-17(18)35-3/h4-13,19,31H,1-3H3,(H,28,29). The van der Waals surface area contributed by atoms with Crippen LogP contribution in [-0.4, -0.2) is 62.7 Å². The molecule has 2 N–H and O–H groups in total. The van der Waals surface area contributed by atoms with E-state index in [1.54, 1.807) is 42.7 Å². The first kappa shape index (κ1) is 24.9. The smallest absolute Gasteiger partial charge is 0.243 e. The van der Waals surface area contributed by atoms with E-state index in [-0.39, 0.29) is 17.6 Å². The normalized spacial score (nSPS) is 13.1. The lowest BCUT2D eigenvalue weighted by Gasteiger charge is -2.20. The van der Waals surface area contributed by atoms with Crippen LogP contribution < -0.4 is 14.2 Å². The van der Waals surface area contributed by atoms with Crippen molar-refractivity contribution >= 4 is 16.0 Å². The first-order valence-corrected chi connectivity index (χ1v) is 12.1. The number of hydrogen-bond acceptors (Lipinski definition) is 10. The second-order valence-electron chi connectivity index (χ2n) is 7.49. The van der Waals surface area contributed by atoms with Crippen molar-refractivity contribution in [1.29, 1.82) is 0 Å². The molecule has 0 aliphatic carbocycles. The van der Waals surface area contributed by atoms with Gasteiger partial charge in [-0.15, -0.1) is 10.2 Å². The Morgan fingerprint density at radius 1 is 1.03 bits per heavy atom. The summed E-state index contributed by atoms with van der Waals surface area (Å²) in [5, 5.41) is 17.3. The van der Waals surface area contributed by atoms with Gasteiger partial charge in [0.25, 0.3) is 0 Å². The van der Waals surface area contributed by atoms with Gasteiger partial charge < -0.3 is 14.6 Å². The zero-order valence-corrected chi connectivity index (χ0v) is 20.2. The van der Waals surface area contributed by atoms with Gasteiger partial charge in [-0.05, 0) is 31.2 Å². The van der Waals surface area contributed by atoms with Crippen molar-refractivity contribution in [3.05, 3.63) is 66.8 Å². The van der Waals surface area contributed by atoms with Crippen molar-refractivity contribution < 1.29 is 27.4 Å². The molecule has 0 aliphatic rings. The number of rotatable bonds is 9. The average Bonchev–Trinajstić information content (AvgIpc) is 3.30. The lowest BCUT2D eigenvalue weighted by atomic mass is 10.2. The van der Waals surface area contributed by atoms with E-state index in [0.29, 0.717) is 22.7 Å². The van der Waals surface area contributed by atoms with Crippen molar-refractivity contribution in [1.82, 2.24) is 29.7 Å². The van der Waals surface area contributed by atoms with Gasteiger partial charge in [0.15, 0.2) is 17.5 Å². The number of nitrogens with one attached hydrogen (secondary N) is 1. The van der Waals surface area contributed by atoms with Gasteiger partial charge >= 0.3 is 0 Å². The van der Waals surface area contributed by atoms with Crippen LogP contribution in [0.1, 0.15) is 18.9 Å². The van der Waals surface area contributed by atoms with Gasteiger partial charge in [0.1, 0.15) is 28.5 Å². The van der Waals surface area contributed by atoms with Crippen molar-refractivity contribution in [3.63, 3.8) is 0 Å².